The van der Waals surface area contributed by atoms with Crippen molar-refractivity contribution in [3.8, 4) is 11.1 Å². The third-order valence-corrected chi connectivity index (χ3v) is 5.80. The second-order valence-corrected chi connectivity index (χ2v) is 8.58. The predicted octanol–water partition coefficient (Wildman–Crippen LogP) is 2.89. The number of nitrogens with one attached hydrogen (secondary N) is 2. The summed E-state index contributed by atoms with van der Waals surface area (Å²) in [5.74, 6) is -1.63. The first-order valence-corrected chi connectivity index (χ1v) is 11.0. The summed E-state index contributed by atoms with van der Waals surface area (Å²) < 4.78 is 5.56. The normalized spacial score (nSPS) is 14.2. The van der Waals surface area contributed by atoms with Crippen molar-refractivity contribution < 1.29 is 29.3 Å². The standard InChI is InChI=1S/C25H30N2O6/c1-15(2)22(12-23(29)26-13-16(28)11-24(30)31)27-25(32)33-14-21-19-9-5-3-7-17(19)18-8-4-6-10-20(18)21/h3-10,15-16,21-22,28H,11-14H2,1-2H3,(H,26,29)(H,27,32)(H,30,31)/t16?,22-/m0/s1. The van der Waals surface area contributed by atoms with Crippen LogP contribution in [0, 0.1) is 5.92 Å². The fraction of sp³-hybridized carbons (Fsp3) is 0.400. The fourth-order valence-corrected chi connectivity index (χ4v) is 4.02. The molecule has 8 heteroatoms. The van der Waals surface area contributed by atoms with Crippen molar-refractivity contribution in [1.82, 2.24) is 10.6 Å². The highest BCUT2D eigenvalue weighted by molar-refractivity contribution is 5.79. The minimum absolute atomic E-state index is 0.0122. The van der Waals surface area contributed by atoms with E-state index in [2.05, 4.69) is 22.8 Å². The number of aliphatic carboxylic acids is 1. The second-order valence-electron chi connectivity index (χ2n) is 8.58. The van der Waals surface area contributed by atoms with Crippen LogP contribution in [0.3, 0.4) is 0 Å². The number of aliphatic hydroxyl groups excluding tert-OH is 1. The van der Waals surface area contributed by atoms with E-state index >= 15 is 0 Å². The van der Waals surface area contributed by atoms with Crippen LogP contribution in [0.1, 0.15) is 43.7 Å². The van der Waals surface area contributed by atoms with Gasteiger partial charge < -0.3 is 25.6 Å². The van der Waals surface area contributed by atoms with E-state index in [9.17, 15) is 19.5 Å². The van der Waals surface area contributed by atoms with E-state index in [-0.39, 0.29) is 31.4 Å². The molecule has 0 saturated carbocycles. The molecule has 2 amide bonds. The van der Waals surface area contributed by atoms with Crippen molar-refractivity contribution in [2.24, 2.45) is 5.92 Å². The minimum atomic E-state index is -1.17. The van der Waals surface area contributed by atoms with Gasteiger partial charge >= 0.3 is 12.1 Å². The topological polar surface area (TPSA) is 125 Å². The van der Waals surface area contributed by atoms with Crippen LogP contribution in [0.5, 0.6) is 0 Å². The number of aliphatic hydroxyl groups is 1. The molecule has 0 fully saturated rings. The Morgan fingerprint density at radius 3 is 2.09 bits per heavy atom. The molecule has 2 atom stereocenters. The number of carboxylic acids is 1. The molecule has 2 aromatic carbocycles. The first-order chi connectivity index (χ1) is 15.8. The molecule has 1 aliphatic rings. The van der Waals surface area contributed by atoms with Crippen molar-refractivity contribution in [2.45, 2.75) is 44.8 Å². The molecule has 0 aromatic heterocycles. The molecule has 8 nitrogen and oxygen atoms in total. The van der Waals surface area contributed by atoms with Crippen molar-refractivity contribution in [3.63, 3.8) is 0 Å². The molecule has 0 radical (unpaired) electrons. The van der Waals surface area contributed by atoms with Crippen LogP contribution in [-0.4, -0.2) is 53.5 Å². The van der Waals surface area contributed by atoms with E-state index in [1.165, 1.54) is 0 Å². The van der Waals surface area contributed by atoms with Gasteiger partial charge in [-0.15, -0.1) is 0 Å². The monoisotopic (exact) mass is 454 g/mol. The molecule has 0 spiro atoms. The lowest BCUT2D eigenvalue weighted by molar-refractivity contribution is -0.139. The Balaban J connectivity index is 1.54. The van der Waals surface area contributed by atoms with Gasteiger partial charge in [0.15, 0.2) is 0 Å². The maximum atomic E-state index is 12.5. The van der Waals surface area contributed by atoms with Gasteiger partial charge in [-0.2, -0.15) is 0 Å². The molecular formula is C25H30N2O6. The highest BCUT2D eigenvalue weighted by atomic mass is 16.5. The third-order valence-electron chi connectivity index (χ3n) is 5.80. The lowest BCUT2D eigenvalue weighted by atomic mass is 9.98. The predicted molar refractivity (Wildman–Crippen MR) is 123 cm³/mol. The first kappa shape index (κ1) is 24.3. The van der Waals surface area contributed by atoms with Gasteiger partial charge in [0.2, 0.25) is 5.91 Å². The number of rotatable bonds is 10. The van der Waals surface area contributed by atoms with Crippen LogP contribution >= 0.6 is 0 Å². The number of ether oxygens (including phenoxy) is 1. The van der Waals surface area contributed by atoms with E-state index < -0.39 is 36.5 Å². The summed E-state index contributed by atoms with van der Waals surface area (Å²) in [7, 11) is 0. The minimum Gasteiger partial charge on any atom is -0.481 e. The average Bonchev–Trinajstić information content (AvgIpc) is 3.09. The van der Waals surface area contributed by atoms with Crippen molar-refractivity contribution >= 4 is 18.0 Å². The van der Waals surface area contributed by atoms with Gasteiger partial charge in [-0.05, 0) is 28.2 Å². The number of carbonyl (C=O) groups excluding carboxylic acids is 2. The van der Waals surface area contributed by atoms with Gasteiger partial charge in [0, 0.05) is 24.9 Å². The molecule has 0 aliphatic heterocycles. The second kappa shape index (κ2) is 11.0. The molecule has 1 unspecified atom stereocenters. The summed E-state index contributed by atoms with van der Waals surface area (Å²) in [4.78, 5) is 35.3. The largest absolute Gasteiger partial charge is 0.481 e. The van der Waals surface area contributed by atoms with Gasteiger partial charge in [0.05, 0.1) is 12.5 Å². The summed E-state index contributed by atoms with van der Waals surface area (Å²) in [5.41, 5.74) is 4.52. The SMILES string of the molecule is CC(C)[C@H](CC(=O)NCC(O)CC(=O)O)NC(=O)OCC1c2ccccc2-c2ccccc21. The van der Waals surface area contributed by atoms with E-state index in [4.69, 9.17) is 9.84 Å². The molecule has 33 heavy (non-hydrogen) atoms. The van der Waals surface area contributed by atoms with Crippen LogP contribution in [0.2, 0.25) is 0 Å². The Bertz CT molecular complexity index is 960. The Labute approximate surface area is 193 Å². The van der Waals surface area contributed by atoms with Crippen molar-refractivity contribution in [3.05, 3.63) is 59.7 Å². The van der Waals surface area contributed by atoms with Crippen molar-refractivity contribution in [2.75, 3.05) is 13.2 Å². The summed E-state index contributed by atoms with van der Waals surface area (Å²) in [6.07, 6.45) is -2.23. The van der Waals surface area contributed by atoms with Crippen LogP contribution in [0.15, 0.2) is 48.5 Å². The Kier molecular flexibility index (Phi) is 8.06. The van der Waals surface area contributed by atoms with Gasteiger partial charge in [-0.25, -0.2) is 4.79 Å². The van der Waals surface area contributed by atoms with Crippen LogP contribution in [0.25, 0.3) is 11.1 Å². The zero-order valence-electron chi connectivity index (χ0n) is 18.8. The van der Waals surface area contributed by atoms with Gasteiger partial charge in [-0.1, -0.05) is 62.4 Å². The average molecular weight is 455 g/mol. The molecule has 1 aliphatic carbocycles. The molecule has 176 valence electrons. The van der Waals surface area contributed by atoms with Gasteiger partial charge in [0.25, 0.3) is 0 Å². The fourth-order valence-electron chi connectivity index (χ4n) is 4.02. The molecule has 0 saturated heterocycles. The number of carboxylic acid groups (broad SMARTS) is 1. The van der Waals surface area contributed by atoms with Gasteiger partial charge in [0.1, 0.15) is 6.61 Å². The smallest absolute Gasteiger partial charge is 0.407 e. The first-order valence-electron chi connectivity index (χ1n) is 11.0. The molecule has 0 bridgehead atoms. The number of benzene rings is 2. The Morgan fingerprint density at radius 1 is 0.970 bits per heavy atom. The van der Waals surface area contributed by atoms with Crippen LogP contribution in [-0.2, 0) is 14.3 Å². The summed E-state index contributed by atoms with van der Waals surface area (Å²) in [5, 5.41) is 23.5. The molecule has 0 heterocycles. The van der Waals surface area contributed by atoms with E-state index in [0.29, 0.717) is 0 Å². The van der Waals surface area contributed by atoms with Crippen molar-refractivity contribution in [1.29, 1.82) is 0 Å². The number of hydrogen-bond acceptors (Lipinski definition) is 5. The maximum Gasteiger partial charge on any atom is 0.407 e. The Hall–Kier alpha value is -3.39. The molecule has 2 aromatic rings. The maximum absolute atomic E-state index is 12.5. The van der Waals surface area contributed by atoms with E-state index in [1.54, 1.807) is 0 Å². The number of amides is 2. The highest BCUT2D eigenvalue weighted by Crippen LogP contribution is 2.44. The number of carbonyl (C=O) groups is 3. The van der Waals surface area contributed by atoms with E-state index in [0.717, 1.165) is 22.3 Å². The summed E-state index contributed by atoms with van der Waals surface area (Å²) in [6.45, 7) is 3.76. The number of fused-ring (bicyclic) bond motifs is 3. The van der Waals surface area contributed by atoms with Crippen LogP contribution < -0.4 is 10.6 Å². The third kappa shape index (κ3) is 6.32. The quantitative estimate of drug-likeness (QED) is 0.438. The number of hydrogen-bond donors (Lipinski definition) is 4. The molecular weight excluding hydrogens is 424 g/mol. The molecule has 4 N–H and O–H groups in total. The Morgan fingerprint density at radius 2 is 1.55 bits per heavy atom. The highest BCUT2D eigenvalue weighted by Gasteiger charge is 2.29. The lowest BCUT2D eigenvalue weighted by Crippen LogP contribution is -2.44. The van der Waals surface area contributed by atoms with Gasteiger partial charge in [-0.3, -0.25) is 9.59 Å². The zero-order chi connectivity index (χ0) is 24.0. The zero-order valence-corrected chi connectivity index (χ0v) is 18.8. The summed E-state index contributed by atoms with van der Waals surface area (Å²) in [6, 6.07) is 15.7. The van der Waals surface area contributed by atoms with Crippen LogP contribution in [0.4, 0.5) is 4.79 Å². The summed E-state index contributed by atoms with van der Waals surface area (Å²) >= 11 is 0. The number of alkyl carbamates (subject to hydrolysis) is 1. The lowest BCUT2D eigenvalue weighted by Gasteiger charge is -2.23. The van der Waals surface area contributed by atoms with E-state index in [1.807, 2.05) is 50.2 Å². The molecule has 3 rings (SSSR count).